The monoisotopic (exact) mass is 333 g/mol. The minimum Gasteiger partial charge on any atom is -0.378 e. The Labute approximate surface area is 137 Å². The van der Waals surface area contributed by atoms with Crippen molar-refractivity contribution in [3.05, 3.63) is 35.0 Å². The van der Waals surface area contributed by atoms with E-state index in [0.29, 0.717) is 31.2 Å². The van der Waals surface area contributed by atoms with E-state index in [1.165, 1.54) is 0 Å². The molecule has 0 N–H and O–H groups in total. The molecule has 0 spiro atoms. The van der Waals surface area contributed by atoms with Crippen molar-refractivity contribution in [2.75, 3.05) is 32.8 Å². The van der Waals surface area contributed by atoms with E-state index in [9.17, 15) is 14.4 Å². The smallest absolute Gasteiger partial charge is 0.294 e. The van der Waals surface area contributed by atoms with Gasteiger partial charge in [0.2, 0.25) is 5.91 Å². The number of nitrogens with zero attached hydrogens (tertiary/aromatic N) is 3. The molecule has 1 aromatic rings. The summed E-state index contributed by atoms with van der Waals surface area (Å²) in [7, 11) is 0. The second-order valence-electron chi connectivity index (χ2n) is 5.05. The summed E-state index contributed by atoms with van der Waals surface area (Å²) in [5.41, 5.74) is 0.734. The molecule has 0 saturated carbocycles. The zero-order valence-electron chi connectivity index (χ0n) is 12.3. The molecule has 3 rings (SSSR count). The Balaban J connectivity index is 1.69. The van der Waals surface area contributed by atoms with Crippen LogP contribution in [0, 0.1) is 0 Å². The number of ether oxygens (including phenoxy) is 1. The summed E-state index contributed by atoms with van der Waals surface area (Å²) in [4.78, 5) is 43.4. The van der Waals surface area contributed by atoms with Crippen LogP contribution >= 0.6 is 11.8 Å². The molecule has 0 aromatic carbocycles. The maximum atomic E-state index is 12.3. The minimum absolute atomic E-state index is 0.227. The van der Waals surface area contributed by atoms with E-state index in [1.54, 1.807) is 35.5 Å². The van der Waals surface area contributed by atoms with Gasteiger partial charge in [-0.05, 0) is 29.5 Å². The summed E-state index contributed by atoms with van der Waals surface area (Å²) in [6, 6.07) is 3.54. The summed E-state index contributed by atoms with van der Waals surface area (Å²) in [6.45, 7) is 1.71. The van der Waals surface area contributed by atoms with Gasteiger partial charge in [0.25, 0.3) is 11.1 Å². The van der Waals surface area contributed by atoms with Crippen LogP contribution in [-0.4, -0.2) is 64.7 Å². The largest absolute Gasteiger partial charge is 0.378 e. The number of thioether (sulfide) groups is 1. The molecule has 0 atom stereocenters. The summed E-state index contributed by atoms with van der Waals surface area (Å²) in [5.74, 6) is -0.677. The van der Waals surface area contributed by atoms with Crippen LogP contribution in [0.3, 0.4) is 0 Å². The molecular weight excluding hydrogens is 318 g/mol. The van der Waals surface area contributed by atoms with Gasteiger partial charge in [0.15, 0.2) is 0 Å². The summed E-state index contributed by atoms with van der Waals surface area (Å²) in [6.07, 6.45) is 4.84. The van der Waals surface area contributed by atoms with Crippen LogP contribution in [0.5, 0.6) is 0 Å². The van der Waals surface area contributed by atoms with E-state index in [0.717, 1.165) is 22.2 Å². The Bertz CT molecular complexity index is 656. The predicted octanol–water partition coefficient (Wildman–Crippen LogP) is 0.977. The normalized spacial score (nSPS) is 20.4. The van der Waals surface area contributed by atoms with Gasteiger partial charge >= 0.3 is 0 Å². The summed E-state index contributed by atoms with van der Waals surface area (Å²) in [5, 5.41) is -0.424. The Hall–Kier alpha value is -2.19. The molecule has 0 radical (unpaired) electrons. The van der Waals surface area contributed by atoms with Crippen molar-refractivity contribution in [1.82, 2.24) is 14.8 Å². The molecule has 3 amide bonds. The van der Waals surface area contributed by atoms with E-state index < -0.39 is 11.1 Å². The maximum absolute atomic E-state index is 12.3. The summed E-state index contributed by atoms with van der Waals surface area (Å²) >= 11 is 0.841. The lowest BCUT2D eigenvalue weighted by Gasteiger charge is -2.28. The first-order valence-electron chi connectivity index (χ1n) is 7.16. The van der Waals surface area contributed by atoms with Crippen molar-refractivity contribution >= 4 is 34.9 Å². The molecule has 120 valence electrons. The van der Waals surface area contributed by atoms with Gasteiger partial charge in [0.05, 0.1) is 18.1 Å². The van der Waals surface area contributed by atoms with Crippen molar-refractivity contribution in [2.45, 2.75) is 0 Å². The van der Waals surface area contributed by atoms with Crippen molar-refractivity contribution in [3.8, 4) is 0 Å². The number of carbonyl (C=O) groups is 3. The topological polar surface area (TPSA) is 79.8 Å². The fourth-order valence-electron chi connectivity index (χ4n) is 2.30. The van der Waals surface area contributed by atoms with E-state index >= 15 is 0 Å². The van der Waals surface area contributed by atoms with Gasteiger partial charge in [0, 0.05) is 25.5 Å². The number of pyridine rings is 1. The van der Waals surface area contributed by atoms with Gasteiger partial charge < -0.3 is 9.64 Å². The van der Waals surface area contributed by atoms with Crippen molar-refractivity contribution in [2.24, 2.45) is 0 Å². The molecule has 2 aliphatic rings. The highest BCUT2D eigenvalue weighted by molar-refractivity contribution is 8.18. The van der Waals surface area contributed by atoms with Crippen LogP contribution < -0.4 is 0 Å². The van der Waals surface area contributed by atoms with E-state index in [1.807, 2.05) is 0 Å². The highest BCUT2D eigenvalue weighted by Gasteiger charge is 2.37. The maximum Gasteiger partial charge on any atom is 0.294 e. The first-order valence-corrected chi connectivity index (χ1v) is 7.98. The molecule has 0 unspecified atom stereocenters. The fraction of sp³-hybridized carbons (Fsp3) is 0.333. The Morgan fingerprint density at radius 2 is 2.13 bits per heavy atom. The number of rotatable bonds is 3. The Morgan fingerprint density at radius 1 is 1.35 bits per heavy atom. The molecule has 0 aliphatic carbocycles. The van der Waals surface area contributed by atoms with Crippen molar-refractivity contribution < 1.29 is 19.1 Å². The lowest BCUT2D eigenvalue weighted by Crippen LogP contribution is -2.46. The minimum atomic E-state index is -0.439. The number of carbonyl (C=O) groups excluding carboxylic acids is 3. The number of morpholine rings is 1. The van der Waals surface area contributed by atoms with Gasteiger partial charge in [-0.15, -0.1) is 0 Å². The lowest BCUT2D eigenvalue weighted by molar-refractivity contribution is -0.139. The van der Waals surface area contributed by atoms with Crippen LogP contribution in [0.1, 0.15) is 5.56 Å². The molecule has 3 heterocycles. The molecule has 0 bridgehead atoms. The number of imide groups is 1. The van der Waals surface area contributed by atoms with E-state index in [4.69, 9.17) is 4.74 Å². The first-order chi connectivity index (χ1) is 11.1. The van der Waals surface area contributed by atoms with Gasteiger partial charge in [-0.25, -0.2) is 0 Å². The number of hydrogen-bond donors (Lipinski definition) is 0. The molecule has 8 heteroatoms. The fourth-order valence-corrected chi connectivity index (χ4v) is 3.14. The Morgan fingerprint density at radius 3 is 2.83 bits per heavy atom. The summed E-state index contributed by atoms with van der Waals surface area (Å²) < 4.78 is 5.19. The van der Waals surface area contributed by atoms with Crippen LogP contribution in [0.2, 0.25) is 0 Å². The first kappa shape index (κ1) is 15.7. The predicted molar refractivity (Wildman–Crippen MR) is 84.3 cm³/mol. The van der Waals surface area contributed by atoms with Crippen LogP contribution in [0.25, 0.3) is 6.08 Å². The Kier molecular flexibility index (Phi) is 4.73. The number of amides is 3. The molecule has 2 fully saturated rings. The molecule has 2 saturated heterocycles. The quantitative estimate of drug-likeness (QED) is 0.767. The lowest BCUT2D eigenvalue weighted by atomic mass is 10.2. The number of aromatic nitrogens is 1. The van der Waals surface area contributed by atoms with E-state index in [2.05, 4.69) is 4.98 Å². The van der Waals surface area contributed by atoms with Crippen molar-refractivity contribution in [1.29, 1.82) is 0 Å². The average Bonchev–Trinajstić information content (AvgIpc) is 2.84. The SMILES string of the molecule is O=C(CN1C(=O)S/C(=C\c2cccnc2)C1=O)N1CCOCC1. The van der Waals surface area contributed by atoms with Crippen LogP contribution in [0.15, 0.2) is 29.4 Å². The second kappa shape index (κ2) is 6.93. The van der Waals surface area contributed by atoms with Gasteiger partial charge in [-0.1, -0.05) is 6.07 Å². The zero-order valence-corrected chi connectivity index (χ0v) is 13.1. The van der Waals surface area contributed by atoms with E-state index in [-0.39, 0.29) is 12.5 Å². The third kappa shape index (κ3) is 3.59. The molecule has 2 aliphatic heterocycles. The van der Waals surface area contributed by atoms with Gasteiger partial charge in [-0.2, -0.15) is 0 Å². The third-order valence-corrected chi connectivity index (χ3v) is 4.42. The third-order valence-electron chi connectivity index (χ3n) is 3.51. The van der Waals surface area contributed by atoms with Gasteiger partial charge in [0.1, 0.15) is 6.54 Å². The molecule has 1 aromatic heterocycles. The van der Waals surface area contributed by atoms with Crippen molar-refractivity contribution in [3.63, 3.8) is 0 Å². The average molecular weight is 333 g/mol. The molecule has 23 heavy (non-hydrogen) atoms. The molecular formula is C15H15N3O4S. The van der Waals surface area contributed by atoms with Gasteiger partial charge in [-0.3, -0.25) is 24.3 Å². The standard InChI is InChI=1S/C15H15N3O4S/c19-13(17-4-6-22-7-5-17)10-18-14(20)12(23-15(18)21)8-11-2-1-3-16-9-11/h1-3,8-9H,4-7,10H2/b12-8-. The highest BCUT2D eigenvalue weighted by Crippen LogP contribution is 2.31. The zero-order chi connectivity index (χ0) is 16.2. The number of hydrogen-bond acceptors (Lipinski definition) is 6. The second-order valence-corrected chi connectivity index (χ2v) is 6.04. The molecule has 7 nitrogen and oxygen atoms in total. The van der Waals surface area contributed by atoms with Crippen LogP contribution in [0.4, 0.5) is 4.79 Å². The highest BCUT2D eigenvalue weighted by atomic mass is 32.2. The van der Waals surface area contributed by atoms with Crippen LogP contribution in [-0.2, 0) is 14.3 Å².